The van der Waals surface area contributed by atoms with E-state index >= 15 is 0 Å². The van der Waals surface area contributed by atoms with E-state index in [0.717, 1.165) is 15.7 Å². The number of nitrogen functional groups attached to an aromatic ring is 1. The SMILES string of the molecule is Cc1ccc(OCc2ccc(C(=O)NN)cc2Br)cn1. The highest BCUT2D eigenvalue weighted by Gasteiger charge is 2.07. The molecule has 1 amide bonds. The molecule has 2 aromatic rings. The van der Waals surface area contributed by atoms with Gasteiger partial charge in [-0.05, 0) is 31.2 Å². The molecule has 104 valence electrons. The number of nitrogens with one attached hydrogen (secondary N) is 1. The Morgan fingerprint density at radius 1 is 1.40 bits per heavy atom. The summed E-state index contributed by atoms with van der Waals surface area (Å²) in [5.74, 6) is 5.46. The van der Waals surface area contributed by atoms with Gasteiger partial charge in [0.05, 0.1) is 6.20 Å². The Morgan fingerprint density at radius 3 is 2.80 bits per heavy atom. The molecule has 0 aliphatic rings. The first-order valence-corrected chi connectivity index (χ1v) is 6.74. The largest absolute Gasteiger partial charge is 0.487 e. The number of carbonyl (C=O) groups excluding carboxylic acids is 1. The summed E-state index contributed by atoms with van der Waals surface area (Å²) >= 11 is 3.41. The van der Waals surface area contributed by atoms with Gasteiger partial charge in [0.15, 0.2) is 0 Å². The van der Waals surface area contributed by atoms with Crippen LogP contribution in [0.15, 0.2) is 41.0 Å². The van der Waals surface area contributed by atoms with Crippen molar-refractivity contribution in [2.75, 3.05) is 0 Å². The van der Waals surface area contributed by atoms with E-state index < -0.39 is 0 Å². The van der Waals surface area contributed by atoms with E-state index in [9.17, 15) is 4.79 Å². The molecule has 0 atom stereocenters. The quantitative estimate of drug-likeness (QED) is 0.510. The number of benzene rings is 1. The number of rotatable bonds is 4. The Kier molecular flexibility index (Phi) is 4.70. The van der Waals surface area contributed by atoms with Crippen molar-refractivity contribution in [3.63, 3.8) is 0 Å². The molecule has 1 aromatic carbocycles. The normalized spacial score (nSPS) is 10.2. The van der Waals surface area contributed by atoms with Crippen LogP contribution >= 0.6 is 15.9 Å². The van der Waals surface area contributed by atoms with E-state index in [-0.39, 0.29) is 5.91 Å². The van der Waals surface area contributed by atoms with Crippen LogP contribution in [0.3, 0.4) is 0 Å². The molecule has 0 radical (unpaired) electrons. The molecule has 0 bridgehead atoms. The smallest absolute Gasteiger partial charge is 0.265 e. The molecule has 0 saturated heterocycles. The molecular weight excluding hydrogens is 322 g/mol. The molecule has 0 spiro atoms. The van der Waals surface area contributed by atoms with Gasteiger partial charge in [0.1, 0.15) is 12.4 Å². The summed E-state index contributed by atoms with van der Waals surface area (Å²) < 4.78 is 6.43. The van der Waals surface area contributed by atoms with Gasteiger partial charge in [-0.2, -0.15) is 0 Å². The number of nitrogens with zero attached hydrogens (tertiary/aromatic N) is 1. The average molecular weight is 336 g/mol. The van der Waals surface area contributed by atoms with Crippen LogP contribution in [0.5, 0.6) is 5.75 Å². The van der Waals surface area contributed by atoms with Gasteiger partial charge >= 0.3 is 0 Å². The number of hydrogen-bond acceptors (Lipinski definition) is 4. The van der Waals surface area contributed by atoms with E-state index in [1.165, 1.54) is 0 Å². The van der Waals surface area contributed by atoms with Gasteiger partial charge < -0.3 is 4.74 Å². The number of hydrazine groups is 1. The summed E-state index contributed by atoms with van der Waals surface area (Å²) in [6.45, 7) is 2.30. The number of aryl methyl sites for hydroxylation is 1. The van der Waals surface area contributed by atoms with Crippen molar-refractivity contribution in [2.45, 2.75) is 13.5 Å². The summed E-state index contributed by atoms with van der Waals surface area (Å²) in [6.07, 6.45) is 1.68. The first-order valence-electron chi connectivity index (χ1n) is 5.95. The number of nitrogens with two attached hydrogens (primary N) is 1. The zero-order chi connectivity index (χ0) is 14.5. The maximum absolute atomic E-state index is 11.4. The van der Waals surface area contributed by atoms with Gasteiger partial charge in [-0.1, -0.05) is 22.0 Å². The van der Waals surface area contributed by atoms with Crippen LogP contribution in [0.25, 0.3) is 0 Å². The summed E-state index contributed by atoms with van der Waals surface area (Å²) in [4.78, 5) is 15.6. The van der Waals surface area contributed by atoms with Crippen molar-refractivity contribution < 1.29 is 9.53 Å². The number of halogens is 1. The second kappa shape index (κ2) is 6.49. The molecule has 0 saturated carbocycles. The van der Waals surface area contributed by atoms with Crippen LogP contribution in [-0.4, -0.2) is 10.9 Å². The zero-order valence-corrected chi connectivity index (χ0v) is 12.5. The highest BCUT2D eigenvalue weighted by molar-refractivity contribution is 9.10. The number of aromatic nitrogens is 1. The number of ether oxygens (including phenoxy) is 1. The van der Waals surface area contributed by atoms with Crippen LogP contribution in [0.4, 0.5) is 0 Å². The summed E-state index contributed by atoms with van der Waals surface area (Å²) in [7, 11) is 0. The van der Waals surface area contributed by atoms with E-state index in [2.05, 4.69) is 26.3 Å². The monoisotopic (exact) mass is 335 g/mol. The topological polar surface area (TPSA) is 77.2 Å². The maximum atomic E-state index is 11.4. The second-order valence-electron chi connectivity index (χ2n) is 4.20. The predicted molar refractivity (Wildman–Crippen MR) is 79.1 cm³/mol. The fourth-order valence-electron chi connectivity index (χ4n) is 1.59. The van der Waals surface area contributed by atoms with Crippen LogP contribution in [-0.2, 0) is 6.61 Å². The van der Waals surface area contributed by atoms with Crippen molar-refractivity contribution in [2.24, 2.45) is 5.84 Å². The lowest BCUT2D eigenvalue weighted by Gasteiger charge is -2.09. The lowest BCUT2D eigenvalue weighted by molar-refractivity contribution is 0.0953. The van der Waals surface area contributed by atoms with Gasteiger partial charge in [0, 0.05) is 21.3 Å². The van der Waals surface area contributed by atoms with Crippen LogP contribution in [0.1, 0.15) is 21.6 Å². The standard InChI is InChI=1S/C14H14BrN3O2/c1-9-2-5-12(7-17-9)20-8-11-4-3-10(6-13(11)15)14(19)18-16/h2-7H,8,16H2,1H3,(H,18,19). The van der Waals surface area contributed by atoms with Crippen molar-refractivity contribution in [1.29, 1.82) is 0 Å². The third kappa shape index (κ3) is 3.55. The number of carbonyl (C=O) groups is 1. The van der Waals surface area contributed by atoms with Crippen LogP contribution < -0.4 is 16.0 Å². The third-order valence-electron chi connectivity index (χ3n) is 2.72. The Balaban J connectivity index is 2.06. The highest BCUT2D eigenvalue weighted by Crippen LogP contribution is 2.21. The molecule has 0 aliphatic heterocycles. The second-order valence-corrected chi connectivity index (χ2v) is 5.06. The first kappa shape index (κ1) is 14.5. The molecule has 1 aromatic heterocycles. The fourth-order valence-corrected chi connectivity index (χ4v) is 2.08. The van der Waals surface area contributed by atoms with Gasteiger partial charge in [0.25, 0.3) is 5.91 Å². The van der Waals surface area contributed by atoms with Gasteiger partial charge in [-0.15, -0.1) is 0 Å². The molecule has 20 heavy (non-hydrogen) atoms. The summed E-state index contributed by atoms with van der Waals surface area (Å²) in [5.41, 5.74) is 4.45. The Morgan fingerprint density at radius 2 is 2.20 bits per heavy atom. The fraction of sp³-hybridized carbons (Fsp3) is 0.143. The minimum atomic E-state index is -0.332. The zero-order valence-electron chi connectivity index (χ0n) is 10.9. The molecule has 5 nitrogen and oxygen atoms in total. The van der Waals surface area contributed by atoms with Gasteiger partial charge in [0.2, 0.25) is 0 Å². The predicted octanol–water partition coefficient (Wildman–Crippen LogP) is 2.34. The minimum Gasteiger partial charge on any atom is -0.487 e. The molecular formula is C14H14BrN3O2. The highest BCUT2D eigenvalue weighted by atomic mass is 79.9. The van der Waals surface area contributed by atoms with Crippen molar-refractivity contribution in [1.82, 2.24) is 10.4 Å². The van der Waals surface area contributed by atoms with E-state index in [0.29, 0.717) is 17.9 Å². The van der Waals surface area contributed by atoms with E-state index in [1.807, 2.05) is 25.1 Å². The third-order valence-corrected chi connectivity index (χ3v) is 3.46. The van der Waals surface area contributed by atoms with Crippen molar-refractivity contribution in [3.05, 3.63) is 57.8 Å². The Bertz CT molecular complexity index is 614. The van der Waals surface area contributed by atoms with Crippen LogP contribution in [0.2, 0.25) is 0 Å². The van der Waals surface area contributed by atoms with E-state index in [4.69, 9.17) is 10.6 Å². The Labute approximate surface area is 125 Å². The number of hydrogen-bond donors (Lipinski definition) is 2. The minimum absolute atomic E-state index is 0.332. The maximum Gasteiger partial charge on any atom is 0.265 e. The molecule has 3 N–H and O–H groups in total. The lowest BCUT2D eigenvalue weighted by atomic mass is 10.1. The van der Waals surface area contributed by atoms with Gasteiger partial charge in [-0.3, -0.25) is 15.2 Å². The lowest BCUT2D eigenvalue weighted by Crippen LogP contribution is -2.29. The Hall–Kier alpha value is -1.92. The molecule has 0 fully saturated rings. The molecule has 0 aliphatic carbocycles. The summed E-state index contributed by atoms with van der Waals surface area (Å²) in [6, 6.07) is 8.97. The van der Waals surface area contributed by atoms with E-state index in [1.54, 1.807) is 18.3 Å². The van der Waals surface area contributed by atoms with Crippen molar-refractivity contribution >= 4 is 21.8 Å². The molecule has 1 heterocycles. The van der Waals surface area contributed by atoms with Crippen LogP contribution in [0, 0.1) is 6.92 Å². The van der Waals surface area contributed by atoms with Gasteiger partial charge in [-0.25, -0.2) is 5.84 Å². The molecule has 2 rings (SSSR count). The summed E-state index contributed by atoms with van der Waals surface area (Å²) in [5, 5.41) is 0. The average Bonchev–Trinajstić information content (AvgIpc) is 2.46. The number of amides is 1. The molecule has 0 unspecified atom stereocenters. The first-order chi connectivity index (χ1) is 9.60. The van der Waals surface area contributed by atoms with Crippen molar-refractivity contribution in [3.8, 4) is 5.75 Å². The number of pyridine rings is 1. The molecule has 6 heteroatoms.